The largest absolute Gasteiger partial charge is 0.465 e. The Hall–Kier alpha value is -2.17. The average molecular weight is 265 g/mol. The number of halogens is 1. The number of nitrogens with zero attached hydrogens (tertiary/aromatic N) is 3. The second-order valence-electron chi connectivity index (χ2n) is 3.54. The molecule has 0 aliphatic carbocycles. The third-order valence-corrected chi connectivity index (χ3v) is 2.87. The molecule has 1 N–H and O–H groups in total. The van der Waals surface area contributed by atoms with Crippen molar-refractivity contribution in [1.82, 2.24) is 4.98 Å². The highest BCUT2D eigenvalue weighted by Crippen LogP contribution is 2.30. The van der Waals surface area contributed by atoms with Crippen LogP contribution in [0, 0.1) is 0 Å². The molecule has 1 heterocycles. The molecule has 0 aliphatic heterocycles. The highest BCUT2D eigenvalue weighted by Gasteiger charge is 2.18. The fourth-order valence-corrected chi connectivity index (χ4v) is 2.12. The summed E-state index contributed by atoms with van der Waals surface area (Å²) in [5.74, 6) is -0.500. The van der Waals surface area contributed by atoms with Crippen LogP contribution in [0.3, 0.4) is 0 Å². The van der Waals surface area contributed by atoms with Gasteiger partial charge in [0, 0.05) is 22.0 Å². The Bertz CT molecular complexity index is 658. The van der Waals surface area contributed by atoms with E-state index in [9.17, 15) is 4.79 Å². The van der Waals surface area contributed by atoms with Gasteiger partial charge in [0.05, 0.1) is 24.2 Å². The van der Waals surface area contributed by atoms with Crippen LogP contribution in [0.2, 0.25) is 5.02 Å². The Balaban J connectivity index is 2.69. The van der Waals surface area contributed by atoms with Crippen LogP contribution in [0.15, 0.2) is 23.4 Å². The average Bonchev–Trinajstić information content (AvgIpc) is 2.84. The summed E-state index contributed by atoms with van der Waals surface area (Å²) in [5.41, 5.74) is 10.1. The number of nitrogens with one attached hydrogen (secondary N) is 1. The molecule has 6 nitrogen and oxygen atoms in total. The number of H-pyrrole nitrogens is 1. The van der Waals surface area contributed by atoms with Crippen LogP contribution < -0.4 is 0 Å². The molecule has 0 atom stereocenters. The summed E-state index contributed by atoms with van der Waals surface area (Å²) in [6.45, 7) is 0.161. The molecule has 2 rings (SSSR count). The number of hydrogen-bond donors (Lipinski definition) is 1. The van der Waals surface area contributed by atoms with E-state index in [2.05, 4.69) is 15.0 Å². The molecule has 18 heavy (non-hydrogen) atoms. The van der Waals surface area contributed by atoms with Gasteiger partial charge < -0.3 is 9.72 Å². The van der Waals surface area contributed by atoms with E-state index in [1.165, 1.54) is 7.11 Å². The molecule has 0 spiro atoms. The molecule has 0 saturated carbocycles. The first-order valence-electron chi connectivity index (χ1n) is 5.06. The molecular formula is C11H9ClN4O2. The van der Waals surface area contributed by atoms with Crippen LogP contribution in [-0.2, 0) is 11.3 Å². The number of benzene rings is 1. The highest BCUT2D eigenvalue weighted by atomic mass is 35.5. The maximum atomic E-state index is 11.7. The summed E-state index contributed by atoms with van der Waals surface area (Å²) in [7, 11) is 1.30. The van der Waals surface area contributed by atoms with Crippen LogP contribution in [0.5, 0.6) is 0 Å². The third-order valence-electron chi connectivity index (χ3n) is 2.57. The fraction of sp³-hybridized carbons (Fsp3) is 0.182. The van der Waals surface area contributed by atoms with Gasteiger partial charge in [-0.3, -0.25) is 0 Å². The minimum atomic E-state index is -0.500. The van der Waals surface area contributed by atoms with Crippen LogP contribution in [0.25, 0.3) is 21.3 Å². The first kappa shape index (κ1) is 12.3. The van der Waals surface area contributed by atoms with E-state index >= 15 is 0 Å². The van der Waals surface area contributed by atoms with Gasteiger partial charge in [0.1, 0.15) is 0 Å². The topological polar surface area (TPSA) is 90.8 Å². The lowest BCUT2D eigenvalue weighted by molar-refractivity contribution is 0.0603. The van der Waals surface area contributed by atoms with Gasteiger partial charge in [0.25, 0.3) is 0 Å². The van der Waals surface area contributed by atoms with E-state index in [4.69, 9.17) is 21.9 Å². The van der Waals surface area contributed by atoms with Gasteiger partial charge in [-0.25, -0.2) is 4.79 Å². The number of azide groups is 1. The third kappa shape index (κ3) is 1.99. The van der Waals surface area contributed by atoms with E-state index in [0.29, 0.717) is 16.5 Å². The van der Waals surface area contributed by atoms with Crippen molar-refractivity contribution in [3.8, 4) is 0 Å². The summed E-state index contributed by atoms with van der Waals surface area (Å²) in [6, 6.07) is 3.33. The quantitative estimate of drug-likeness (QED) is 0.398. The van der Waals surface area contributed by atoms with Crippen LogP contribution in [0.4, 0.5) is 0 Å². The number of fused-ring (bicyclic) bond motifs is 1. The number of ether oxygens (including phenoxy) is 1. The lowest BCUT2D eigenvalue weighted by atomic mass is 10.1. The van der Waals surface area contributed by atoms with Crippen molar-refractivity contribution < 1.29 is 9.53 Å². The molecule has 1 aromatic heterocycles. The maximum absolute atomic E-state index is 11.7. The smallest absolute Gasteiger partial charge is 0.340 e. The van der Waals surface area contributed by atoms with E-state index in [1.54, 1.807) is 18.3 Å². The molecule has 0 radical (unpaired) electrons. The molecule has 1 aromatic carbocycles. The molecule has 0 amide bonds. The minimum Gasteiger partial charge on any atom is -0.465 e. The van der Waals surface area contributed by atoms with Gasteiger partial charge in [-0.1, -0.05) is 16.7 Å². The molecular weight excluding hydrogens is 256 g/mol. The van der Waals surface area contributed by atoms with Gasteiger partial charge in [-0.2, -0.15) is 0 Å². The number of carbonyl (C=O) groups excluding carboxylic acids is 1. The fourth-order valence-electron chi connectivity index (χ4n) is 1.81. The van der Waals surface area contributed by atoms with E-state index < -0.39 is 5.97 Å². The Labute approximate surface area is 107 Å². The number of aromatic amines is 1. The van der Waals surface area contributed by atoms with Crippen molar-refractivity contribution in [2.45, 2.75) is 6.54 Å². The predicted molar refractivity (Wildman–Crippen MR) is 67.5 cm³/mol. The number of aromatic nitrogens is 1. The zero-order chi connectivity index (χ0) is 13.1. The van der Waals surface area contributed by atoms with Crippen molar-refractivity contribution in [1.29, 1.82) is 0 Å². The van der Waals surface area contributed by atoms with Crippen LogP contribution in [0.1, 0.15) is 15.9 Å². The van der Waals surface area contributed by atoms with Gasteiger partial charge >= 0.3 is 5.97 Å². The Morgan fingerprint density at radius 2 is 2.44 bits per heavy atom. The molecule has 0 aliphatic rings. The molecule has 92 valence electrons. The van der Waals surface area contributed by atoms with Crippen molar-refractivity contribution in [2.75, 3.05) is 7.11 Å². The number of esters is 1. The second kappa shape index (κ2) is 5.00. The van der Waals surface area contributed by atoms with Crippen molar-refractivity contribution in [3.05, 3.63) is 44.9 Å². The molecule has 0 unspecified atom stereocenters. The van der Waals surface area contributed by atoms with E-state index in [-0.39, 0.29) is 11.6 Å². The van der Waals surface area contributed by atoms with Gasteiger partial charge in [-0.05, 0) is 23.2 Å². The Morgan fingerprint density at radius 1 is 1.67 bits per heavy atom. The zero-order valence-electron chi connectivity index (χ0n) is 9.48. The first-order chi connectivity index (χ1) is 8.69. The maximum Gasteiger partial charge on any atom is 0.340 e. The zero-order valence-corrected chi connectivity index (χ0v) is 10.2. The molecule has 7 heteroatoms. The van der Waals surface area contributed by atoms with Crippen molar-refractivity contribution in [2.24, 2.45) is 5.11 Å². The molecule has 0 bridgehead atoms. The van der Waals surface area contributed by atoms with Crippen LogP contribution in [-0.4, -0.2) is 18.1 Å². The van der Waals surface area contributed by atoms with Gasteiger partial charge in [0.2, 0.25) is 0 Å². The van der Waals surface area contributed by atoms with Crippen molar-refractivity contribution >= 4 is 28.5 Å². The normalized spacial score (nSPS) is 10.1. The Kier molecular flexibility index (Phi) is 3.41. The van der Waals surface area contributed by atoms with Crippen molar-refractivity contribution in [3.63, 3.8) is 0 Å². The molecule has 2 aromatic rings. The van der Waals surface area contributed by atoms with Crippen LogP contribution >= 0.6 is 11.6 Å². The van der Waals surface area contributed by atoms with Gasteiger partial charge in [-0.15, -0.1) is 0 Å². The number of methoxy groups -OCH3 is 1. The number of carbonyl (C=O) groups is 1. The second-order valence-corrected chi connectivity index (χ2v) is 3.95. The standard InChI is InChI=1S/C11H9ClN4O2/c1-18-11(17)9-7-2-3-14-10(7)6(4-8(9)12)5-15-16-13/h2-4,14H,5H2,1H3. The SMILES string of the molecule is COC(=O)c1c(Cl)cc(CN=[N+]=[N-])c2[nH]ccc12. The number of rotatable bonds is 3. The summed E-state index contributed by atoms with van der Waals surface area (Å²) in [6.07, 6.45) is 1.69. The lowest BCUT2D eigenvalue weighted by Gasteiger charge is -2.07. The monoisotopic (exact) mass is 264 g/mol. The first-order valence-corrected chi connectivity index (χ1v) is 5.44. The highest BCUT2D eigenvalue weighted by molar-refractivity contribution is 6.35. The Morgan fingerprint density at radius 3 is 3.11 bits per heavy atom. The number of hydrogen-bond acceptors (Lipinski definition) is 3. The lowest BCUT2D eigenvalue weighted by Crippen LogP contribution is -2.03. The summed E-state index contributed by atoms with van der Waals surface area (Å²) in [5, 5.41) is 4.42. The molecule has 0 saturated heterocycles. The van der Waals surface area contributed by atoms with E-state index in [0.717, 1.165) is 5.56 Å². The summed E-state index contributed by atoms with van der Waals surface area (Å²) < 4.78 is 4.70. The minimum absolute atomic E-state index is 0.161. The summed E-state index contributed by atoms with van der Waals surface area (Å²) in [4.78, 5) is 17.4. The molecule has 0 fully saturated rings. The summed E-state index contributed by atoms with van der Waals surface area (Å²) >= 11 is 6.07. The van der Waals surface area contributed by atoms with E-state index in [1.807, 2.05) is 0 Å². The van der Waals surface area contributed by atoms with Gasteiger partial charge in [0.15, 0.2) is 0 Å². The predicted octanol–water partition coefficient (Wildman–Crippen LogP) is 3.42.